The Balaban J connectivity index is 1.71. The van der Waals surface area contributed by atoms with Gasteiger partial charge in [0.05, 0.1) is 0 Å². The first kappa shape index (κ1) is 13.2. The van der Waals surface area contributed by atoms with Crippen LogP contribution in [0.15, 0.2) is 0 Å². The standard InChI is InChI=1S/C14H24ClNO/c15-10-13-6-3-9-16(11-13)14(17)8-7-12-4-1-2-5-12/h12-13H,1-11H2. The summed E-state index contributed by atoms with van der Waals surface area (Å²) >= 11 is 5.89. The van der Waals surface area contributed by atoms with Crippen molar-refractivity contribution in [2.45, 2.75) is 51.4 Å². The maximum Gasteiger partial charge on any atom is 0.222 e. The fourth-order valence-electron chi connectivity index (χ4n) is 3.20. The molecular formula is C14H24ClNO. The Kier molecular flexibility index (Phi) is 5.15. The summed E-state index contributed by atoms with van der Waals surface area (Å²) in [6.45, 7) is 1.85. The van der Waals surface area contributed by atoms with Crippen molar-refractivity contribution in [2.75, 3.05) is 19.0 Å². The third-order valence-corrected chi connectivity index (χ3v) is 4.77. The predicted octanol–water partition coefficient (Wildman–Crippen LogP) is 3.43. The van der Waals surface area contributed by atoms with Gasteiger partial charge in [0, 0.05) is 25.4 Å². The highest BCUT2D eigenvalue weighted by Crippen LogP contribution is 2.29. The molecule has 1 saturated carbocycles. The van der Waals surface area contributed by atoms with E-state index in [1.54, 1.807) is 0 Å². The van der Waals surface area contributed by atoms with Gasteiger partial charge in [-0.2, -0.15) is 0 Å². The molecule has 0 radical (unpaired) electrons. The molecule has 1 amide bonds. The monoisotopic (exact) mass is 257 g/mol. The highest BCUT2D eigenvalue weighted by atomic mass is 35.5. The molecule has 0 N–H and O–H groups in total. The van der Waals surface area contributed by atoms with Crippen LogP contribution in [-0.2, 0) is 4.79 Å². The summed E-state index contributed by atoms with van der Waals surface area (Å²) in [6.07, 6.45) is 9.63. The lowest BCUT2D eigenvalue weighted by Crippen LogP contribution is -2.40. The first-order chi connectivity index (χ1) is 8.29. The van der Waals surface area contributed by atoms with Gasteiger partial charge in [0.2, 0.25) is 5.91 Å². The van der Waals surface area contributed by atoms with Crippen LogP contribution < -0.4 is 0 Å². The number of nitrogens with zero attached hydrogens (tertiary/aromatic N) is 1. The third kappa shape index (κ3) is 3.87. The van der Waals surface area contributed by atoms with E-state index in [2.05, 4.69) is 0 Å². The summed E-state index contributed by atoms with van der Waals surface area (Å²) < 4.78 is 0. The van der Waals surface area contributed by atoms with Gasteiger partial charge in [0.25, 0.3) is 0 Å². The number of likely N-dealkylation sites (tertiary alicyclic amines) is 1. The Bertz CT molecular complexity index is 251. The van der Waals surface area contributed by atoms with Crippen LogP contribution in [0.1, 0.15) is 51.4 Å². The lowest BCUT2D eigenvalue weighted by Gasteiger charge is -2.32. The number of carbonyl (C=O) groups is 1. The minimum Gasteiger partial charge on any atom is -0.342 e. The van der Waals surface area contributed by atoms with Crippen molar-refractivity contribution in [3.05, 3.63) is 0 Å². The average Bonchev–Trinajstić information content (AvgIpc) is 2.89. The quantitative estimate of drug-likeness (QED) is 0.707. The lowest BCUT2D eigenvalue weighted by molar-refractivity contribution is -0.133. The fourth-order valence-corrected chi connectivity index (χ4v) is 3.45. The zero-order valence-corrected chi connectivity index (χ0v) is 11.4. The van der Waals surface area contributed by atoms with Gasteiger partial charge >= 0.3 is 0 Å². The molecule has 2 nitrogen and oxygen atoms in total. The summed E-state index contributed by atoms with van der Waals surface area (Å²) in [7, 11) is 0. The molecule has 2 rings (SSSR count). The van der Waals surface area contributed by atoms with Crippen molar-refractivity contribution in [3.63, 3.8) is 0 Å². The molecule has 2 aliphatic rings. The topological polar surface area (TPSA) is 20.3 Å². The molecular weight excluding hydrogens is 234 g/mol. The van der Waals surface area contributed by atoms with Gasteiger partial charge in [-0.25, -0.2) is 0 Å². The minimum absolute atomic E-state index is 0.367. The molecule has 2 fully saturated rings. The van der Waals surface area contributed by atoms with Gasteiger partial charge in [-0.3, -0.25) is 4.79 Å². The van der Waals surface area contributed by atoms with Crippen LogP contribution in [0.4, 0.5) is 0 Å². The molecule has 0 aromatic rings. The minimum atomic E-state index is 0.367. The number of halogens is 1. The Morgan fingerprint density at radius 3 is 2.53 bits per heavy atom. The first-order valence-corrected chi connectivity index (χ1v) is 7.67. The van der Waals surface area contributed by atoms with E-state index in [0.717, 1.165) is 38.3 Å². The molecule has 0 spiro atoms. The summed E-state index contributed by atoms with van der Waals surface area (Å²) in [5.41, 5.74) is 0. The largest absolute Gasteiger partial charge is 0.342 e. The number of rotatable bonds is 4. The van der Waals surface area contributed by atoms with Gasteiger partial charge < -0.3 is 4.90 Å². The number of piperidine rings is 1. The zero-order chi connectivity index (χ0) is 12.1. The molecule has 0 bridgehead atoms. The molecule has 17 heavy (non-hydrogen) atoms. The third-order valence-electron chi connectivity index (χ3n) is 4.33. The van der Waals surface area contributed by atoms with Crippen molar-refractivity contribution in [1.82, 2.24) is 4.90 Å². The van der Waals surface area contributed by atoms with Crippen molar-refractivity contribution in [2.24, 2.45) is 11.8 Å². The summed E-state index contributed by atoms with van der Waals surface area (Å²) in [4.78, 5) is 14.1. The van der Waals surface area contributed by atoms with E-state index in [0.29, 0.717) is 17.7 Å². The zero-order valence-electron chi connectivity index (χ0n) is 10.7. The van der Waals surface area contributed by atoms with E-state index in [1.165, 1.54) is 32.1 Å². The molecule has 0 aromatic carbocycles. The average molecular weight is 258 g/mol. The smallest absolute Gasteiger partial charge is 0.222 e. The number of hydrogen-bond donors (Lipinski definition) is 0. The van der Waals surface area contributed by atoms with Crippen LogP contribution in [0.25, 0.3) is 0 Å². The van der Waals surface area contributed by atoms with Crippen LogP contribution in [0.3, 0.4) is 0 Å². The summed E-state index contributed by atoms with van der Waals surface area (Å²) in [5, 5.41) is 0. The Morgan fingerprint density at radius 1 is 1.12 bits per heavy atom. The Labute approximate surface area is 110 Å². The van der Waals surface area contributed by atoms with E-state index >= 15 is 0 Å². The second-order valence-corrected chi connectivity index (χ2v) is 6.00. The Hall–Kier alpha value is -0.240. The number of carbonyl (C=O) groups excluding carboxylic acids is 1. The van der Waals surface area contributed by atoms with Gasteiger partial charge in [0.15, 0.2) is 0 Å². The van der Waals surface area contributed by atoms with Gasteiger partial charge in [-0.15, -0.1) is 11.6 Å². The van der Waals surface area contributed by atoms with Crippen LogP contribution in [0.2, 0.25) is 0 Å². The molecule has 98 valence electrons. The van der Waals surface area contributed by atoms with Crippen molar-refractivity contribution < 1.29 is 4.79 Å². The molecule has 1 unspecified atom stereocenters. The Morgan fingerprint density at radius 2 is 1.82 bits per heavy atom. The van der Waals surface area contributed by atoms with E-state index in [1.807, 2.05) is 4.90 Å². The van der Waals surface area contributed by atoms with Crippen molar-refractivity contribution >= 4 is 17.5 Å². The van der Waals surface area contributed by atoms with Crippen LogP contribution in [0, 0.1) is 11.8 Å². The summed E-state index contributed by atoms with van der Waals surface area (Å²) in [6, 6.07) is 0. The van der Waals surface area contributed by atoms with Gasteiger partial charge in [0.1, 0.15) is 0 Å². The van der Waals surface area contributed by atoms with Crippen LogP contribution in [-0.4, -0.2) is 29.8 Å². The molecule has 0 aromatic heterocycles. The number of amides is 1. The van der Waals surface area contributed by atoms with Gasteiger partial charge in [-0.1, -0.05) is 25.7 Å². The molecule has 1 aliphatic carbocycles. The predicted molar refractivity (Wildman–Crippen MR) is 71.2 cm³/mol. The second-order valence-electron chi connectivity index (χ2n) is 5.69. The highest BCUT2D eigenvalue weighted by molar-refractivity contribution is 6.18. The van der Waals surface area contributed by atoms with Crippen molar-refractivity contribution in [1.29, 1.82) is 0 Å². The highest BCUT2D eigenvalue weighted by Gasteiger charge is 2.24. The molecule has 3 heteroatoms. The van der Waals surface area contributed by atoms with Crippen molar-refractivity contribution in [3.8, 4) is 0 Å². The normalized spacial score (nSPS) is 26.4. The second kappa shape index (κ2) is 6.63. The SMILES string of the molecule is O=C(CCC1CCCC1)N1CCCC(CCl)C1. The van der Waals surface area contributed by atoms with E-state index in [-0.39, 0.29) is 0 Å². The lowest BCUT2D eigenvalue weighted by atomic mass is 9.98. The van der Waals surface area contributed by atoms with E-state index in [9.17, 15) is 4.79 Å². The van der Waals surface area contributed by atoms with E-state index in [4.69, 9.17) is 11.6 Å². The number of alkyl halides is 1. The fraction of sp³-hybridized carbons (Fsp3) is 0.929. The maximum absolute atomic E-state index is 12.1. The molecule has 1 saturated heterocycles. The molecule has 1 atom stereocenters. The number of hydrogen-bond acceptors (Lipinski definition) is 1. The molecule has 1 aliphatic heterocycles. The molecule has 1 heterocycles. The van der Waals surface area contributed by atoms with Crippen LogP contribution in [0.5, 0.6) is 0 Å². The first-order valence-electron chi connectivity index (χ1n) is 7.13. The van der Waals surface area contributed by atoms with Crippen LogP contribution >= 0.6 is 11.6 Å². The maximum atomic E-state index is 12.1. The van der Waals surface area contributed by atoms with Gasteiger partial charge in [-0.05, 0) is 31.1 Å². The van der Waals surface area contributed by atoms with E-state index < -0.39 is 0 Å². The summed E-state index contributed by atoms with van der Waals surface area (Å²) in [5.74, 6) is 2.42.